The van der Waals surface area contributed by atoms with E-state index in [-0.39, 0.29) is 5.41 Å². The maximum atomic E-state index is 9.06. The molecule has 13 heavy (non-hydrogen) atoms. The van der Waals surface area contributed by atoms with Crippen LogP contribution in [0.25, 0.3) is 0 Å². The fourth-order valence-corrected chi connectivity index (χ4v) is 0.947. The number of rotatable bonds is 2. The third-order valence-electron chi connectivity index (χ3n) is 1.69. The van der Waals surface area contributed by atoms with E-state index in [0.717, 1.165) is 12.2 Å². The quantitative estimate of drug-likeness (QED) is 0.684. The van der Waals surface area contributed by atoms with Crippen molar-refractivity contribution >= 4 is 5.69 Å². The van der Waals surface area contributed by atoms with E-state index in [4.69, 9.17) is 5.11 Å². The number of hydrogen-bond donors (Lipinski definition) is 2. The minimum atomic E-state index is 0.276. The van der Waals surface area contributed by atoms with Crippen LogP contribution >= 0.6 is 0 Å². The molecule has 0 saturated carbocycles. The molecule has 0 aliphatic heterocycles. The highest BCUT2D eigenvalue weighted by Crippen LogP contribution is 2.17. The molecule has 0 spiro atoms. The lowest BCUT2D eigenvalue weighted by atomic mass is 9.97. The van der Waals surface area contributed by atoms with E-state index in [1.54, 1.807) is 12.1 Å². The van der Waals surface area contributed by atoms with Crippen molar-refractivity contribution in [1.29, 1.82) is 0 Å². The Hall–Kier alpha value is -1.18. The second-order valence-electron chi connectivity index (χ2n) is 4.46. The average Bonchev–Trinajstić information content (AvgIpc) is 2.02. The van der Waals surface area contributed by atoms with E-state index in [1.807, 2.05) is 12.1 Å². The van der Waals surface area contributed by atoms with Gasteiger partial charge in [-0.25, -0.2) is 0 Å². The third-order valence-corrected chi connectivity index (χ3v) is 1.69. The summed E-state index contributed by atoms with van der Waals surface area (Å²) in [4.78, 5) is 0. The number of phenols is 1. The summed E-state index contributed by atoms with van der Waals surface area (Å²) < 4.78 is 0. The van der Waals surface area contributed by atoms with Crippen molar-refractivity contribution in [3.8, 4) is 5.75 Å². The highest BCUT2D eigenvalue weighted by Gasteiger charge is 2.08. The van der Waals surface area contributed by atoms with Gasteiger partial charge in [-0.1, -0.05) is 20.8 Å². The maximum Gasteiger partial charge on any atom is 0.115 e. The molecule has 0 fully saturated rings. The molecule has 0 heterocycles. The molecule has 72 valence electrons. The number of nitrogens with one attached hydrogen (secondary N) is 1. The topological polar surface area (TPSA) is 32.3 Å². The zero-order chi connectivity index (χ0) is 9.90. The van der Waals surface area contributed by atoms with Gasteiger partial charge in [0.15, 0.2) is 0 Å². The summed E-state index contributed by atoms with van der Waals surface area (Å²) in [5.74, 6) is 0.307. The van der Waals surface area contributed by atoms with E-state index in [1.165, 1.54) is 0 Å². The van der Waals surface area contributed by atoms with Gasteiger partial charge in [0.1, 0.15) is 5.75 Å². The van der Waals surface area contributed by atoms with E-state index < -0.39 is 0 Å². The fourth-order valence-electron chi connectivity index (χ4n) is 0.947. The number of anilines is 1. The van der Waals surface area contributed by atoms with Crippen molar-refractivity contribution in [2.75, 3.05) is 11.9 Å². The number of benzene rings is 1. The lowest BCUT2D eigenvalue weighted by molar-refractivity contribution is 0.443. The van der Waals surface area contributed by atoms with Crippen LogP contribution < -0.4 is 5.32 Å². The second-order valence-corrected chi connectivity index (χ2v) is 4.46. The summed E-state index contributed by atoms with van der Waals surface area (Å²) in [6.07, 6.45) is 0. The summed E-state index contributed by atoms with van der Waals surface area (Å²) in [7, 11) is 0. The van der Waals surface area contributed by atoms with Gasteiger partial charge in [-0.2, -0.15) is 0 Å². The summed E-state index contributed by atoms with van der Waals surface area (Å²) in [6, 6.07) is 7.12. The van der Waals surface area contributed by atoms with Crippen molar-refractivity contribution in [2.24, 2.45) is 5.41 Å². The SMILES string of the molecule is CC(C)(C)CNc1ccc(O)cc1. The lowest BCUT2D eigenvalue weighted by Gasteiger charge is -2.19. The maximum absolute atomic E-state index is 9.06. The molecule has 1 aromatic carbocycles. The Morgan fingerprint density at radius 3 is 2.15 bits per heavy atom. The van der Waals surface area contributed by atoms with Gasteiger partial charge >= 0.3 is 0 Å². The molecule has 0 atom stereocenters. The zero-order valence-electron chi connectivity index (χ0n) is 8.46. The molecule has 0 unspecified atom stereocenters. The van der Waals surface area contributed by atoms with Crippen LogP contribution in [0.4, 0.5) is 5.69 Å². The van der Waals surface area contributed by atoms with Crippen LogP contribution in [0.3, 0.4) is 0 Å². The Morgan fingerprint density at radius 1 is 1.15 bits per heavy atom. The molecule has 2 nitrogen and oxygen atoms in total. The molecule has 1 aromatic rings. The Balaban J connectivity index is 2.51. The molecule has 2 heteroatoms. The van der Waals surface area contributed by atoms with Crippen LogP contribution in [-0.2, 0) is 0 Å². The monoisotopic (exact) mass is 179 g/mol. The largest absolute Gasteiger partial charge is 0.508 e. The van der Waals surface area contributed by atoms with Gasteiger partial charge in [0.25, 0.3) is 0 Å². The number of aromatic hydroxyl groups is 1. The second kappa shape index (κ2) is 3.69. The van der Waals surface area contributed by atoms with Crippen molar-refractivity contribution in [1.82, 2.24) is 0 Å². The first kappa shape index (κ1) is 9.90. The number of phenolic OH excluding ortho intramolecular Hbond substituents is 1. The zero-order valence-corrected chi connectivity index (χ0v) is 8.46. The molecule has 0 amide bonds. The van der Waals surface area contributed by atoms with Crippen LogP contribution in [-0.4, -0.2) is 11.7 Å². The molecule has 0 radical (unpaired) electrons. The van der Waals surface area contributed by atoms with Crippen LogP contribution in [0.15, 0.2) is 24.3 Å². The van der Waals surface area contributed by atoms with E-state index in [9.17, 15) is 0 Å². The van der Waals surface area contributed by atoms with Gasteiger partial charge in [-0.15, -0.1) is 0 Å². The Kier molecular flexibility index (Phi) is 2.81. The average molecular weight is 179 g/mol. The van der Waals surface area contributed by atoms with Gasteiger partial charge in [-0.05, 0) is 29.7 Å². The molecule has 0 saturated heterocycles. The first-order chi connectivity index (χ1) is 5.97. The van der Waals surface area contributed by atoms with Gasteiger partial charge in [0, 0.05) is 12.2 Å². The van der Waals surface area contributed by atoms with Crippen LogP contribution in [0, 0.1) is 5.41 Å². The minimum absolute atomic E-state index is 0.276. The summed E-state index contributed by atoms with van der Waals surface area (Å²) >= 11 is 0. The van der Waals surface area contributed by atoms with E-state index in [0.29, 0.717) is 5.75 Å². The van der Waals surface area contributed by atoms with Gasteiger partial charge in [-0.3, -0.25) is 0 Å². The molecule has 1 rings (SSSR count). The molecule has 0 aromatic heterocycles. The third kappa shape index (κ3) is 3.83. The van der Waals surface area contributed by atoms with Gasteiger partial charge in [0.05, 0.1) is 0 Å². The highest BCUT2D eigenvalue weighted by molar-refractivity contribution is 5.45. The summed E-state index contributed by atoms with van der Waals surface area (Å²) in [6.45, 7) is 7.47. The van der Waals surface area contributed by atoms with Crippen LogP contribution in [0.2, 0.25) is 0 Å². The predicted molar refractivity (Wildman–Crippen MR) is 56.1 cm³/mol. The molecule has 0 aliphatic carbocycles. The van der Waals surface area contributed by atoms with Crippen molar-refractivity contribution < 1.29 is 5.11 Å². The summed E-state index contributed by atoms with van der Waals surface area (Å²) in [5, 5.41) is 12.4. The predicted octanol–water partition coefficient (Wildman–Crippen LogP) is 2.85. The Bertz CT molecular complexity index is 258. The van der Waals surface area contributed by atoms with Crippen molar-refractivity contribution in [3.05, 3.63) is 24.3 Å². The van der Waals surface area contributed by atoms with Crippen molar-refractivity contribution in [3.63, 3.8) is 0 Å². The first-order valence-electron chi connectivity index (χ1n) is 4.50. The molecule has 0 aliphatic rings. The van der Waals surface area contributed by atoms with Crippen molar-refractivity contribution in [2.45, 2.75) is 20.8 Å². The van der Waals surface area contributed by atoms with Crippen LogP contribution in [0.5, 0.6) is 5.75 Å². The Labute approximate surface area is 79.6 Å². The minimum Gasteiger partial charge on any atom is -0.508 e. The normalized spacial score (nSPS) is 11.3. The molecule has 2 N–H and O–H groups in total. The van der Waals surface area contributed by atoms with E-state index in [2.05, 4.69) is 26.1 Å². The fraction of sp³-hybridized carbons (Fsp3) is 0.455. The number of hydrogen-bond acceptors (Lipinski definition) is 2. The van der Waals surface area contributed by atoms with E-state index >= 15 is 0 Å². The smallest absolute Gasteiger partial charge is 0.115 e. The summed E-state index contributed by atoms with van der Waals surface area (Å²) in [5.41, 5.74) is 1.32. The molecular formula is C11H17NO. The Morgan fingerprint density at radius 2 is 1.69 bits per heavy atom. The molecular weight excluding hydrogens is 162 g/mol. The molecule has 0 bridgehead atoms. The van der Waals surface area contributed by atoms with Gasteiger partial charge in [0.2, 0.25) is 0 Å². The van der Waals surface area contributed by atoms with Crippen LogP contribution in [0.1, 0.15) is 20.8 Å². The lowest BCUT2D eigenvalue weighted by Crippen LogP contribution is -2.18. The standard InChI is InChI=1S/C11H17NO/c1-11(2,3)8-12-9-4-6-10(13)7-5-9/h4-7,12-13H,8H2,1-3H3. The van der Waals surface area contributed by atoms with Gasteiger partial charge < -0.3 is 10.4 Å². The first-order valence-corrected chi connectivity index (χ1v) is 4.50. The highest BCUT2D eigenvalue weighted by atomic mass is 16.3.